The van der Waals surface area contributed by atoms with Crippen molar-refractivity contribution in [2.75, 3.05) is 6.54 Å². The average molecular weight is 394 g/mol. The highest BCUT2D eigenvalue weighted by Gasteiger charge is 2.38. The summed E-state index contributed by atoms with van der Waals surface area (Å²) < 4.78 is 40.9. The summed E-state index contributed by atoms with van der Waals surface area (Å²) in [7, 11) is 1.78. The molecule has 0 aliphatic rings. The molecule has 27 heavy (non-hydrogen) atoms. The van der Waals surface area contributed by atoms with Crippen molar-refractivity contribution in [3.63, 3.8) is 0 Å². The normalized spacial score (nSPS) is 11.5. The SMILES string of the molecule is Cn1cccc1-c1c(C#N)c2nc[nH]c(=S)c2n1CCNC(=O)C(F)(F)F. The number of rotatable bonds is 4. The van der Waals surface area contributed by atoms with Crippen LogP contribution in [0.2, 0.25) is 0 Å². The first-order valence-corrected chi connectivity index (χ1v) is 8.13. The van der Waals surface area contributed by atoms with Crippen LogP contribution >= 0.6 is 12.2 Å². The van der Waals surface area contributed by atoms with Gasteiger partial charge in [-0.05, 0) is 12.1 Å². The molecule has 2 N–H and O–H groups in total. The molecule has 3 aromatic rings. The van der Waals surface area contributed by atoms with Crippen LogP contribution in [0.3, 0.4) is 0 Å². The summed E-state index contributed by atoms with van der Waals surface area (Å²) in [5.41, 5.74) is 2.16. The monoisotopic (exact) mass is 394 g/mol. The average Bonchev–Trinajstić information content (AvgIpc) is 3.15. The predicted molar refractivity (Wildman–Crippen MR) is 93.1 cm³/mol. The number of nitrogens with one attached hydrogen (secondary N) is 2. The van der Waals surface area contributed by atoms with E-state index in [1.165, 1.54) is 6.33 Å². The fraction of sp³-hybridized carbons (Fsp3) is 0.250. The minimum absolute atomic E-state index is 0.0241. The number of aromatic nitrogens is 4. The van der Waals surface area contributed by atoms with Crippen LogP contribution in [0.15, 0.2) is 24.7 Å². The van der Waals surface area contributed by atoms with Gasteiger partial charge < -0.3 is 19.4 Å². The second-order valence-corrected chi connectivity index (χ2v) is 6.08. The number of alkyl halides is 3. The topological polar surface area (TPSA) is 91.4 Å². The van der Waals surface area contributed by atoms with Crippen molar-refractivity contribution in [1.82, 2.24) is 24.4 Å². The van der Waals surface area contributed by atoms with Gasteiger partial charge in [-0.2, -0.15) is 18.4 Å². The maximum atomic E-state index is 12.4. The molecule has 0 saturated carbocycles. The Morgan fingerprint density at radius 1 is 1.48 bits per heavy atom. The number of amides is 1. The van der Waals surface area contributed by atoms with E-state index in [1.54, 1.807) is 34.5 Å². The number of aromatic amines is 1. The molecule has 11 heteroatoms. The molecule has 0 radical (unpaired) electrons. The van der Waals surface area contributed by atoms with E-state index in [4.69, 9.17) is 12.2 Å². The van der Waals surface area contributed by atoms with Crippen molar-refractivity contribution >= 4 is 29.2 Å². The molecule has 1 amide bonds. The molecule has 7 nitrogen and oxygen atoms in total. The first-order chi connectivity index (χ1) is 12.8. The van der Waals surface area contributed by atoms with Gasteiger partial charge in [0, 0.05) is 26.3 Å². The van der Waals surface area contributed by atoms with E-state index < -0.39 is 12.1 Å². The Morgan fingerprint density at radius 2 is 2.22 bits per heavy atom. The lowest BCUT2D eigenvalue weighted by Crippen LogP contribution is -2.38. The smallest absolute Gasteiger partial charge is 0.349 e. The number of nitriles is 1. The molecule has 0 spiro atoms. The Bertz CT molecular complexity index is 1120. The van der Waals surface area contributed by atoms with Crippen LogP contribution in [0.5, 0.6) is 0 Å². The fourth-order valence-corrected chi connectivity index (χ4v) is 3.13. The van der Waals surface area contributed by atoms with Crippen molar-refractivity contribution in [2.24, 2.45) is 7.05 Å². The second-order valence-electron chi connectivity index (χ2n) is 5.67. The Hall–Kier alpha value is -3.13. The fourth-order valence-electron chi connectivity index (χ4n) is 2.87. The lowest BCUT2D eigenvalue weighted by Gasteiger charge is -2.13. The molecule has 0 fully saturated rings. The molecule has 0 atom stereocenters. The number of carbonyl (C=O) groups excluding carboxylic acids is 1. The molecule has 0 unspecified atom stereocenters. The Kier molecular flexibility index (Phi) is 4.75. The number of hydrogen-bond donors (Lipinski definition) is 2. The molecule has 0 aliphatic carbocycles. The zero-order valence-corrected chi connectivity index (χ0v) is 14.8. The zero-order valence-electron chi connectivity index (χ0n) is 14.0. The van der Waals surface area contributed by atoms with Crippen LogP contribution in [-0.2, 0) is 18.4 Å². The highest BCUT2D eigenvalue weighted by Crippen LogP contribution is 2.32. The number of H-pyrrole nitrogens is 1. The largest absolute Gasteiger partial charge is 0.471 e. The van der Waals surface area contributed by atoms with E-state index in [-0.39, 0.29) is 18.7 Å². The van der Waals surface area contributed by atoms with Crippen LogP contribution in [0.1, 0.15) is 5.56 Å². The summed E-state index contributed by atoms with van der Waals surface area (Å²) in [6.07, 6.45) is -1.83. The van der Waals surface area contributed by atoms with Gasteiger partial charge in [0.1, 0.15) is 27.3 Å². The summed E-state index contributed by atoms with van der Waals surface area (Å²) in [5.74, 6) is -2.02. The van der Waals surface area contributed by atoms with Gasteiger partial charge in [-0.15, -0.1) is 0 Å². The number of aryl methyl sites for hydroxylation is 1. The van der Waals surface area contributed by atoms with E-state index in [2.05, 4.69) is 16.0 Å². The van der Waals surface area contributed by atoms with Gasteiger partial charge in [0.2, 0.25) is 0 Å². The van der Waals surface area contributed by atoms with Crippen LogP contribution < -0.4 is 5.32 Å². The molecule has 3 rings (SSSR count). The second kappa shape index (κ2) is 6.88. The van der Waals surface area contributed by atoms with Gasteiger partial charge in [-0.3, -0.25) is 4.79 Å². The summed E-state index contributed by atoms with van der Waals surface area (Å²) in [4.78, 5) is 18.0. The summed E-state index contributed by atoms with van der Waals surface area (Å²) in [6.45, 7) is -0.322. The van der Waals surface area contributed by atoms with Gasteiger partial charge in [-0.1, -0.05) is 12.2 Å². The van der Waals surface area contributed by atoms with Gasteiger partial charge in [0.15, 0.2) is 0 Å². The molecular weight excluding hydrogens is 381 g/mol. The zero-order chi connectivity index (χ0) is 19.8. The molecule has 140 valence electrons. The summed E-state index contributed by atoms with van der Waals surface area (Å²) in [5, 5.41) is 11.5. The maximum absolute atomic E-state index is 12.4. The Morgan fingerprint density at radius 3 is 2.81 bits per heavy atom. The quantitative estimate of drug-likeness (QED) is 0.666. The molecule has 0 saturated heterocycles. The van der Waals surface area contributed by atoms with Crippen molar-refractivity contribution in [3.8, 4) is 17.5 Å². The summed E-state index contributed by atoms with van der Waals surface area (Å²) >= 11 is 5.29. The van der Waals surface area contributed by atoms with Crippen LogP contribution in [0.4, 0.5) is 13.2 Å². The molecular formula is C16H13F3N6OS. The van der Waals surface area contributed by atoms with Crippen molar-refractivity contribution in [2.45, 2.75) is 12.7 Å². The third-order valence-electron chi connectivity index (χ3n) is 4.02. The molecule has 3 aromatic heterocycles. The van der Waals surface area contributed by atoms with Crippen molar-refractivity contribution < 1.29 is 18.0 Å². The Balaban J connectivity index is 2.13. The van der Waals surface area contributed by atoms with E-state index in [0.717, 1.165) is 0 Å². The third kappa shape index (κ3) is 3.31. The van der Waals surface area contributed by atoms with E-state index in [9.17, 15) is 23.2 Å². The minimum Gasteiger partial charge on any atom is -0.349 e. The lowest BCUT2D eigenvalue weighted by molar-refractivity contribution is -0.173. The number of hydrogen-bond acceptors (Lipinski definition) is 4. The first-order valence-electron chi connectivity index (χ1n) is 7.72. The summed E-state index contributed by atoms with van der Waals surface area (Å²) in [6, 6.07) is 5.65. The van der Waals surface area contributed by atoms with Crippen LogP contribution in [0, 0.1) is 16.0 Å². The van der Waals surface area contributed by atoms with Gasteiger partial charge in [0.25, 0.3) is 0 Å². The van der Waals surface area contributed by atoms with Crippen molar-refractivity contribution in [1.29, 1.82) is 5.26 Å². The highest BCUT2D eigenvalue weighted by molar-refractivity contribution is 7.71. The lowest BCUT2D eigenvalue weighted by atomic mass is 10.2. The predicted octanol–water partition coefficient (Wildman–Crippen LogP) is 2.65. The third-order valence-corrected chi connectivity index (χ3v) is 4.33. The van der Waals surface area contributed by atoms with E-state index in [1.807, 2.05) is 5.32 Å². The minimum atomic E-state index is -4.96. The van der Waals surface area contributed by atoms with E-state index >= 15 is 0 Å². The number of halogens is 3. The molecule has 3 heterocycles. The van der Waals surface area contributed by atoms with Crippen LogP contribution in [0.25, 0.3) is 22.4 Å². The van der Waals surface area contributed by atoms with Gasteiger partial charge in [-0.25, -0.2) is 4.98 Å². The number of carbonyl (C=O) groups is 1. The van der Waals surface area contributed by atoms with Gasteiger partial charge in [0.05, 0.1) is 17.7 Å². The number of nitrogens with zero attached hydrogens (tertiary/aromatic N) is 4. The van der Waals surface area contributed by atoms with E-state index in [0.29, 0.717) is 27.1 Å². The molecule has 0 aromatic carbocycles. The standard InChI is InChI=1S/C16H13F3N6OS/c1-24-5-2-3-10(24)12-9(7-20)11-13(14(27)23-8-22-11)25(12)6-4-21-15(26)16(17,18)19/h2-3,5,8H,4,6H2,1H3,(H,21,26)(H,22,23,27). The molecule has 0 bridgehead atoms. The Labute approximate surface area is 156 Å². The molecule has 0 aliphatic heterocycles. The number of fused-ring (bicyclic) bond motifs is 1. The van der Waals surface area contributed by atoms with Crippen molar-refractivity contribution in [3.05, 3.63) is 34.9 Å². The maximum Gasteiger partial charge on any atom is 0.471 e. The van der Waals surface area contributed by atoms with Gasteiger partial charge >= 0.3 is 12.1 Å². The first kappa shape index (κ1) is 18.7. The van der Waals surface area contributed by atoms with Crippen LogP contribution in [-0.4, -0.2) is 37.7 Å². The highest BCUT2D eigenvalue weighted by atomic mass is 32.1.